The molecule has 0 saturated carbocycles. The Labute approximate surface area is 238 Å². The second-order valence-corrected chi connectivity index (χ2v) is 12.7. The fourth-order valence-corrected chi connectivity index (χ4v) is 5.61. The Morgan fingerprint density at radius 3 is 2.31 bits per heavy atom. The maximum absolute atomic E-state index is 14.7. The first-order valence-electron chi connectivity index (χ1n) is 12.2. The molecule has 0 bridgehead atoms. The molecule has 3 rings (SSSR count). The van der Waals surface area contributed by atoms with Crippen LogP contribution in [0, 0.1) is 18.2 Å². The van der Waals surface area contributed by atoms with Gasteiger partial charge in [0.2, 0.25) is 0 Å². The van der Waals surface area contributed by atoms with Crippen molar-refractivity contribution in [3.05, 3.63) is 81.1 Å². The third-order valence-electron chi connectivity index (χ3n) is 6.28. The lowest BCUT2D eigenvalue weighted by Crippen LogP contribution is -2.17. The average Bonchev–Trinajstić information content (AvgIpc) is 2.82. The number of hydrogen-bond donors (Lipinski definition) is 1. The largest absolute Gasteiger partial charge is 0.453 e. The van der Waals surface area contributed by atoms with Crippen LogP contribution in [-0.2, 0) is 21.2 Å². The van der Waals surface area contributed by atoms with E-state index in [1.165, 1.54) is 43.3 Å². The Kier molecular flexibility index (Phi) is 9.47. The quantitative estimate of drug-likeness (QED) is 0.226. The number of Topliss-reactive ketones (excluding diaryl/α,β-unsaturated/α-hetero) is 2. The number of aryl methyl sites for hydroxylation is 1. The Bertz CT molecular complexity index is 1540. The number of hydrogen-bond acceptors (Lipinski definition) is 5. The zero-order valence-electron chi connectivity index (χ0n) is 22.3. The number of benzene rings is 3. The predicted molar refractivity (Wildman–Crippen MR) is 152 cm³/mol. The van der Waals surface area contributed by atoms with Crippen LogP contribution in [0.1, 0.15) is 62.0 Å². The minimum absolute atomic E-state index is 0.0197. The third-order valence-corrected chi connectivity index (χ3v) is 8.42. The fraction of sp³-hybridized carbons (Fsp3) is 0.310. The zero-order chi connectivity index (χ0) is 29.1. The molecule has 1 N–H and O–H groups in total. The first-order chi connectivity index (χ1) is 18.1. The number of rotatable bonds is 11. The first-order valence-corrected chi connectivity index (χ1v) is 14.5. The maximum atomic E-state index is 14.7. The van der Waals surface area contributed by atoms with Gasteiger partial charge in [0.1, 0.15) is 22.2 Å². The normalized spacial score (nSPS) is 11.8. The zero-order valence-corrected chi connectivity index (χ0v) is 24.7. The highest BCUT2D eigenvalue weighted by Gasteiger charge is 2.25. The van der Waals surface area contributed by atoms with Gasteiger partial charge < -0.3 is 4.74 Å². The molecule has 0 heterocycles. The van der Waals surface area contributed by atoms with Crippen LogP contribution in [0.15, 0.2) is 53.4 Å². The summed E-state index contributed by atoms with van der Waals surface area (Å²) < 4.78 is 49.6. The van der Waals surface area contributed by atoms with Gasteiger partial charge in [-0.25, -0.2) is 12.8 Å². The first kappa shape index (κ1) is 30.6. The van der Waals surface area contributed by atoms with Gasteiger partial charge >= 0.3 is 0 Å². The van der Waals surface area contributed by atoms with Crippen LogP contribution >= 0.6 is 23.2 Å². The van der Waals surface area contributed by atoms with Gasteiger partial charge in [0.05, 0.1) is 15.7 Å². The number of ether oxygens (including phenoxy) is 1. The molecule has 3 aromatic carbocycles. The molecule has 0 aliphatic rings. The van der Waals surface area contributed by atoms with Crippen LogP contribution in [0.5, 0.6) is 11.5 Å². The molecule has 39 heavy (non-hydrogen) atoms. The molecular formula is C29H30Cl2FNO5S. The lowest BCUT2D eigenvalue weighted by Gasteiger charge is -2.22. The van der Waals surface area contributed by atoms with Gasteiger partial charge in [-0.15, -0.1) is 0 Å². The number of sulfonamides is 1. The van der Waals surface area contributed by atoms with Crippen molar-refractivity contribution in [2.24, 2.45) is 5.41 Å². The Morgan fingerprint density at radius 2 is 1.69 bits per heavy atom. The number of halogens is 3. The second kappa shape index (κ2) is 12.1. The monoisotopic (exact) mass is 593 g/mol. The van der Waals surface area contributed by atoms with Crippen LogP contribution in [0.4, 0.5) is 10.1 Å². The van der Waals surface area contributed by atoms with E-state index >= 15 is 0 Å². The van der Waals surface area contributed by atoms with Crippen molar-refractivity contribution in [1.29, 1.82) is 0 Å². The van der Waals surface area contributed by atoms with Crippen molar-refractivity contribution < 1.29 is 27.1 Å². The molecule has 10 heteroatoms. The Balaban J connectivity index is 2.07. The highest BCUT2D eigenvalue weighted by molar-refractivity contribution is 7.92. The summed E-state index contributed by atoms with van der Waals surface area (Å²) >= 11 is 12.5. The molecule has 0 unspecified atom stereocenters. The van der Waals surface area contributed by atoms with Gasteiger partial charge in [0, 0.05) is 24.5 Å². The lowest BCUT2D eigenvalue weighted by molar-refractivity contribution is -0.116. The molecule has 0 aliphatic carbocycles. The van der Waals surface area contributed by atoms with Crippen LogP contribution in [0.2, 0.25) is 10.0 Å². The van der Waals surface area contributed by atoms with Crippen molar-refractivity contribution in [2.45, 2.75) is 58.8 Å². The highest BCUT2D eigenvalue weighted by Crippen LogP contribution is 2.38. The molecule has 0 saturated heterocycles. The van der Waals surface area contributed by atoms with E-state index in [9.17, 15) is 22.4 Å². The highest BCUT2D eigenvalue weighted by atomic mass is 35.5. The standard InChI is InChI=1S/C29H30Cl2FNO5S/c1-6-29(4,5)16-25(35)19-8-9-26(38-27-15-23(32)20(12-18(3)34)13-21(27)30)24(14-19)33-39(36,37)28-10-7-17(2)11-22(28)31/h7-11,13-15,33H,6,12,16H2,1-5H3. The summed E-state index contributed by atoms with van der Waals surface area (Å²) in [5, 5.41) is 0.0426. The fourth-order valence-electron chi connectivity index (χ4n) is 3.73. The van der Waals surface area contributed by atoms with Crippen molar-refractivity contribution >= 4 is 50.5 Å². The van der Waals surface area contributed by atoms with E-state index in [4.69, 9.17) is 27.9 Å². The van der Waals surface area contributed by atoms with E-state index in [1.54, 1.807) is 13.0 Å². The minimum Gasteiger partial charge on any atom is -0.453 e. The lowest BCUT2D eigenvalue weighted by atomic mass is 9.83. The number of anilines is 1. The molecule has 0 aromatic heterocycles. The van der Waals surface area contributed by atoms with Crippen LogP contribution in [-0.4, -0.2) is 20.0 Å². The second-order valence-electron chi connectivity index (χ2n) is 10.2. The molecule has 0 aliphatic heterocycles. The van der Waals surface area contributed by atoms with Crippen molar-refractivity contribution in [2.75, 3.05) is 4.72 Å². The molecule has 0 atom stereocenters. The van der Waals surface area contributed by atoms with Crippen molar-refractivity contribution in [3.63, 3.8) is 0 Å². The number of carbonyl (C=O) groups is 2. The third kappa shape index (κ3) is 7.81. The number of carbonyl (C=O) groups excluding carboxylic acids is 2. The molecule has 6 nitrogen and oxygen atoms in total. The summed E-state index contributed by atoms with van der Waals surface area (Å²) in [6, 6.07) is 11.1. The summed E-state index contributed by atoms with van der Waals surface area (Å²) in [5.74, 6) is -1.24. The van der Waals surface area contributed by atoms with Gasteiger partial charge in [-0.1, -0.05) is 56.5 Å². The topological polar surface area (TPSA) is 89.5 Å². The van der Waals surface area contributed by atoms with E-state index in [1.807, 2.05) is 20.8 Å². The summed E-state index contributed by atoms with van der Waals surface area (Å²) in [7, 11) is -4.21. The number of ketones is 2. The Morgan fingerprint density at radius 1 is 1.00 bits per heavy atom. The van der Waals surface area contributed by atoms with Gasteiger partial charge in [0.15, 0.2) is 11.5 Å². The molecular weight excluding hydrogens is 564 g/mol. The molecule has 0 radical (unpaired) electrons. The van der Waals surface area contributed by atoms with Crippen LogP contribution in [0.3, 0.4) is 0 Å². The van der Waals surface area contributed by atoms with E-state index in [0.29, 0.717) is 0 Å². The van der Waals surface area contributed by atoms with Gasteiger partial charge in [0.25, 0.3) is 10.0 Å². The maximum Gasteiger partial charge on any atom is 0.263 e. The van der Waals surface area contributed by atoms with E-state index in [0.717, 1.165) is 18.1 Å². The van der Waals surface area contributed by atoms with Gasteiger partial charge in [-0.3, -0.25) is 14.3 Å². The van der Waals surface area contributed by atoms with Gasteiger partial charge in [-0.05, 0) is 66.8 Å². The minimum atomic E-state index is -4.21. The summed E-state index contributed by atoms with van der Waals surface area (Å²) in [6.45, 7) is 9.04. The van der Waals surface area contributed by atoms with E-state index < -0.39 is 15.8 Å². The predicted octanol–water partition coefficient (Wildman–Crippen LogP) is 8.17. The van der Waals surface area contributed by atoms with E-state index in [2.05, 4.69) is 4.72 Å². The average molecular weight is 595 g/mol. The molecule has 3 aromatic rings. The molecule has 208 valence electrons. The van der Waals surface area contributed by atoms with Crippen LogP contribution < -0.4 is 9.46 Å². The van der Waals surface area contributed by atoms with Crippen molar-refractivity contribution in [1.82, 2.24) is 0 Å². The molecule has 0 amide bonds. The van der Waals surface area contributed by atoms with E-state index in [-0.39, 0.29) is 73.1 Å². The summed E-state index contributed by atoms with van der Waals surface area (Å²) in [6.07, 6.45) is 0.877. The SMILES string of the molecule is CCC(C)(C)CC(=O)c1ccc(Oc2cc(F)c(CC(C)=O)cc2Cl)c(NS(=O)(=O)c2ccc(C)cc2Cl)c1. The summed E-state index contributed by atoms with van der Waals surface area (Å²) in [4.78, 5) is 24.3. The molecule has 0 spiro atoms. The molecule has 0 fully saturated rings. The van der Waals surface area contributed by atoms with Crippen molar-refractivity contribution in [3.8, 4) is 11.5 Å². The summed E-state index contributed by atoms with van der Waals surface area (Å²) in [5.41, 5.74) is 0.837. The van der Waals surface area contributed by atoms with Gasteiger partial charge in [-0.2, -0.15) is 0 Å². The smallest absolute Gasteiger partial charge is 0.263 e. The number of nitrogens with one attached hydrogen (secondary N) is 1. The Hall–Kier alpha value is -2.94. The van der Waals surface area contributed by atoms with Crippen LogP contribution in [0.25, 0.3) is 0 Å².